The maximum atomic E-state index is 15.6. The molecule has 4 unspecified atom stereocenters. The van der Waals surface area contributed by atoms with Gasteiger partial charge in [0.2, 0.25) is 17.8 Å². The van der Waals surface area contributed by atoms with Crippen LogP contribution < -0.4 is 25.2 Å². The molecule has 5 atom stereocenters. The molecule has 7 rings (SSSR count). The molecule has 4 saturated heterocycles. The van der Waals surface area contributed by atoms with Gasteiger partial charge in [0.15, 0.2) is 7.85 Å². The minimum absolute atomic E-state index is 0.0493. The Hall–Kier alpha value is -4.24. The lowest BCUT2D eigenvalue weighted by atomic mass is 9.86. The molecular formula is C40H48BF5N8O5S. The van der Waals surface area contributed by atoms with E-state index in [-0.39, 0.29) is 58.6 Å². The Kier molecular flexibility index (Phi) is 13.2. The molecule has 0 saturated carbocycles. The normalized spacial score (nSPS) is 24.3. The van der Waals surface area contributed by atoms with E-state index in [1.807, 2.05) is 16.7 Å². The molecule has 4 fully saturated rings. The number of hydrogen-bond donors (Lipinski definition) is 5. The van der Waals surface area contributed by atoms with Crippen LogP contribution in [0.25, 0.3) is 0 Å². The lowest BCUT2D eigenvalue weighted by molar-refractivity contribution is -0.138. The van der Waals surface area contributed by atoms with Gasteiger partial charge in [0, 0.05) is 63.1 Å². The number of piperidine rings is 4. The zero-order chi connectivity index (χ0) is 42.9. The van der Waals surface area contributed by atoms with Crippen molar-refractivity contribution in [3.05, 3.63) is 65.1 Å². The summed E-state index contributed by atoms with van der Waals surface area (Å²) in [4.78, 5) is 37.4. The number of rotatable bonds is 11. The van der Waals surface area contributed by atoms with E-state index in [2.05, 4.69) is 25.3 Å². The Balaban J connectivity index is 0.929. The van der Waals surface area contributed by atoms with Crippen molar-refractivity contribution in [2.24, 2.45) is 11.8 Å². The molecule has 1 aromatic heterocycles. The number of aliphatic hydroxyl groups is 2. The van der Waals surface area contributed by atoms with Crippen LogP contribution in [-0.4, -0.2) is 107 Å². The van der Waals surface area contributed by atoms with Crippen LogP contribution in [0.4, 0.5) is 45.1 Å². The average molecular weight is 859 g/mol. The number of nitrogens with zero attached hydrogens (tertiary/aromatic N) is 5. The summed E-state index contributed by atoms with van der Waals surface area (Å²) in [7, 11) is 3.63. The Labute approximate surface area is 348 Å². The van der Waals surface area contributed by atoms with E-state index < -0.39 is 58.3 Å². The summed E-state index contributed by atoms with van der Waals surface area (Å²) < 4.78 is 89.0. The molecule has 5 N–H and O–H groups in total. The minimum atomic E-state index is -4.71. The highest BCUT2D eigenvalue weighted by Gasteiger charge is 2.38. The number of carbonyl (C=O) groups excluding carboxylic acids is 2. The summed E-state index contributed by atoms with van der Waals surface area (Å²) in [5, 5.41) is 25.9. The lowest BCUT2D eigenvalue weighted by Gasteiger charge is -2.39. The molecule has 322 valence electrons. The molecule has 0 bridgehead atoms. The van der Waals surface area contributed by atoms with Crippen LogP contribution in [0.5, 0.6) is 0 Å². The van der Waals surface area contributed by atoms with E-state index in [4.69, 9.17) is 7.85 Å². The predicted octanol–water partition coefficient (Wildman–Crippen LogP) is 4.34. The zero-order valence-corrected chi connectivity index (χ0v) is 33.9. The van der Waals surface area contributed by atoms with Crippen molar-refractivity contribution >= 4 is 53.8 Å². The van der Waals surface area contributed by atoms with Gasteiger partial charge in [0.05, 0.1) is 22.5 Å². The lowest BCUT2D eigenvalue weighted by Crippen LogP contribution is -2.52. The molecule has 3 aromatic rings. The molecule has 2 aromatic carbocycles. The minimum Gasteiger partial charge on any atom is -0.371 e. The summed E-state index contributed by atoms with van der Waals surface area (Å²) in [6, 6.07) is 7.85. The molecule has 2 radical (unpaired) electrons. The third-order valence-electron chi connectivity index (χ3n) is 11.8. The highest BCUT2D eigenvalue weighted by atomic mass is 32.2. The quantitative estimate of drug-likeness (QED) is 0.0808. The molecular weight excluding hydrogens is 810 g/mol. The SMILES string of the molecule is [B]C(O)(O)c1cc(S(=O)N[C@@H]2CCN(CC3CCN(c4ccc(C5CCC(=O)NC5=O)cc4F)CC3)CC2F)ccc1Nc1ncc(C(F)(F)F)c(N2CCCC(C)C2)n1. The van der Waals surface area contributed by atoms with Gasteiger partial charge >= 0.3 is 6.18 Å². The van der Waals surface area contributed by atoms with Crippen molar-refractivity contribution < 1.29 is 46.0 Å². The fraction of sp³-hybridized carbons (Fsp3) is 0.550. The van der Waals surface area contributed by atoms with Gasteiger partial charge in [-0.2, -0.15) is 18.2 Å². The standard InChI is InChI=1S/C40H48BF5N8O5S/c1-23-3-2-13-54(20-23)36-29(40(44,45)46)19-47-38(50-36)48-32-7-5-26(18-28(32)39(41,57)58)60(59)51-33-12-14-52(22-31(33)43)21-24-10-15-53(16-11-24)34-8-4-25(17-30(34)42)27-6-9-35(55)49-37(27)56/h4-5,7-8,17-19,23-24,27,31,33,51,57-58H,2-3,6,9-16,20-22H2,1H3,(H,47,48,50)(H,49,55,56)/t23?,27?,31?,33-,60?/m1/s1. The maximum Gasteiger partial charge on any atom is 0.421 e. The molecule has 0 spiro atoms. The van der Waals surface area contributed by atoms with Crippen molar-refractivity contribution in [2.45, 2.75) is 86.8 Å². The second-order valence-electron chi connectivity index (χ2n) is 16.4. The Morgan fingerprint density at radius 3 is 2.40 bits per heavy atom. The van der Waals surface area contributed by atoms with Crippen LogP contribution in [0.3, 0.4) is 0 Å². The number of amides is 2. The van der Waals surface area contributed by atoms with Crippen molar-refractivity contribution in [1.82, 2.24) is 24.9 Å². The summed E-state index contributed by atoms with van der Waals surface area (Å²) in [5.74, 6) is -1.88. The van der Waals surface area contributed by atoms with Crippen LogP contribution in [0.1, 0.15) is 74.5 Å². The average Bonchev–Trinajstić information content (AvgIpc) is 3.18. The highest BCUT2D eigenvalue weighted by Crippen LogP contribution is 2.38. The number of carbonyl (C=O) groups is 2. The van der Waals surface area contributed by atoms with Gasteiger partial charge in [0.25, 0.3) is 0 Å². The second-order valence-corrected chi connectivity index (χ2v) is 17.6. The molecule has 13 nitrogen and oxygen atoms in total. The van der Waals surface area contributed by atoms with Crippen molar-refractivity contribution in [3.63, 3.8) is 0 Å². The molecule has 20 heteroatoms. The van der Waals surface area contributed by atoms with Crippen LogP contribution in [0.15, 0.2) is 47.5 Å². The van der Waals surface area contributed by atoms with Crippen LogP contribution in [0, 0.1) is 17.7 Å². The monoisotopic (exact) mass is 858 g/mol. The van der Waals surface area contributed by atoms with E-state index in [0.29, 0.717) is 76.0 Å². The number of anilines is 4. The maximum absolute atomic E-state index is 15.6. The second kappa shape index (κ2) is 18.0. The highest BCUT2D eigenvalue weighted by molar-refractivity contribution is 7.83. The van der Waals surface area contributed by atoms with Crippen LogP contribution in [0.2, 0.25) is 0 Å². The molecule has 60 heavy (non-hydrogen) atoms. The fourth-order valence-corrected chi connectivity index (χ4v) is 9.72. The van der Waals surface area contributed by atoms with Gasteiger partial charge in [0.1, 0.15) is 40.0 Å². The van der Waals surface area contributed by atoms with Crippen molar-refractivity contribution in [1.29, 1.82) is 0 Å². The number of alkyl halides is 4. The Morgan fingerprint density at radius 2 is 1.73 bits per heavy atom. The van der Waals surface area contributed by atoms with Gasteiger partial charge < -0.3 is 30.2 Å². The predicted molar refractivity (Wildman–Crippen MR) is 215 cm³/mol. The first-order chi connectivity index (χ1) is 28.4. The van der Waals surface area contributed by atoms with Gasteiger partial charge in [-0.15, -0.1) is 0 Å². The fourth-order valence-electron chi connectivity index (χ4n) is 8.63. The number of aromatic nitrogens is 2. The summed E-state index contributed by atoms with van der Waals surface area (Å²) in [5.41, 5.74) is -3.41. The molecule has 4 aliphatic rings. The smallest absolute Gasteiger partial charge is 0.371 e. The van der Waals surface area contributed by atoms with Gasteiger partial charge in [-0.25, -0.2) is 22.7 Å². The van der Waals surface area contributed by atoms with E-state index in [1.165, 1.54) is 18.2 Å². The molecule has 4 aliphatic heterocycles. The number of likely N-dealkylation sites (tertiary alicyclic amines) is 1. The van der Waals surface area contributed by atoms with E-state index in [0.717, 1.165) is 25.3 Å². The number of benzene rings is 2. The van der Waals surface area contributed by atoms with Gasteiger partial charge in [-0.1, -0.05) is 13.0 Å². The van der Waals surface area contributed by atoms with Gasteiger partial charge in [-0.05, 0) is 92.8 Å². The van der Waals surface area contributed by atoms with Crippen molar-refractivity contribution in [2.75, 3.05) is 60.9 Å². The molecule has 2 amide bonds. The number of halogens is 5. The van der Waals surface area contributed by atoms with E-state index in [9.17, 15) is 37.2 Å². The number of hydrogen-bond acceptors (Lipinski definition) is 11. The third-order valence-corrected chi connectivity index (χ3v) is 13.0. The van der Waals surface area contributed by atoms with Crippen LogP contribution in [-0.2, 0) is 32.4 Å². The number of nitrogens with one attached hydrogen (secondary N) is 3. The summed E-state index contributed by atoms with van der Waals surface area (Å²) in [6.45, 7) is 5.18. The first-order valence-corrected chi connectivity index (χ1v) is 21.3. The zero-order valence-electron chi connectivity index (χ0n) is 33.1. The first-order valence-electron chi connectivity index (χ1n) is 20.2. The number of imide groups is 1. The molecule has 5 heterocycles. The largest absolute Gasteiger partial charge is 0.421 e. The first kappa shape index (κ1) is 43.8. The van der Waals surface area contributed by atoms with E-state index >= 15 is 8.78 Å². The Bertz CT molecular complexity index is 2090. The topological polar surface area (TPSA) is 163 Å². The third kappa shape index (κ3) is 10.3. The Morgan fingerprint density at radius 1 is 0.967 bits per heavy atom. The summed E-state index contributed by atoms with van der Waals surface area (Å²) in [6.07, 6.45) is -1.43. The van der Waals surface area contributed by atoms with Crippen molar-refractivity contribution in [3.8, 4) is 0 Å². The van der Waals surface area contributed by atoms with Gasteiger partial charge in [-0.3, -0.25) is 14.9 Å². The van der Waals surface area contributed by atoms with E-state index in [1.54, 1.807) is 17.0 Å². The summed E-state index contributed by atoms with van der Waals surface area (Å²) >= 11 is 0. The van der Waals surface area contributed by atoms with Crippen LogP contribution >= 0.6 is 0 Å². The molecule has 0 aliphatic carbocycles.